The quantitative estimate of drug-likeness (QED) is 0.740. The van der Waals surface area contributed by atoms with Crippen molar-refractivity contribution in [2.75, 3.05) is 13.7 Å². The average molecular weight is 379 g/mol. The van der Waals surface area contributed by atoms with Gasteiger partial charge in [-0.2, -0.15) is 9.78 Å². The minimum atomic E-state index is -0.302. The topological polar surface area (TPSA) is 56.1 Å². The van der Waals surface area contributed by atoms with E-state index in [-0.39, 0.29) is 17.4 Å². The Balaban J connectivity index is 1.68. The van der Waals surface area contributed by atoms with E-state index in [9.17, 15) is 9.18 Å². The lowest BCUT2D eigenvalue weighted by atomic mass is 9.89. The molecular formula is C22H22FN3O2. The van der Waals surface area contributed by atoms with E-state index in [0.29, 0.717) is 18.0 Å². The number of benzene rings is 2. The SMILES string of the molecule is CNC(C)COc1ccc(-n2nc3c(cc2=O)CCc2ccc(F)cc2-3)cc1. The number of halogens is 1. The van der Waals surface area contributed by atoms with Crippen molar-refractivity contribution in [3.8, 4) is 22.7 Å². The molecule has 0 radical (unpaired) electrons. The minimum absolute atomic E-state index is 0.198. The molecule has 1 aromatic heterocycles. The Labute approximate surface area is 162 Å². The number of nitrogens with zero attached hydrogens (tertiary/aromatic N) is 2. The largest absolute Gasteiger partial charge is 0.492 e. The number of aryl methyl sites for hydroxylation is 2. The van der Waals surface area contributed by atoms with Crippen LogP contribution in [0.5, 0.6) is 5.75 Å². The maximum absolute atomic E-state index is 13.8. The van der Waals surface area contributed by atoms with Crippen LogP contribution in [0.1, 0.15) is 18.1 Å². The molecule has 3 aromatic rings. The van der Waals surface area contributed by atoms with Gasteiger partial charge in [-0.05, 0) is 74.3 Å². The highest BCUT2D eigenvalue weighted by Gasteiger charge is 2.20. The second kappa shape index (κ2) is 7.56. The van der Waals surface area contributed by atoms with Crippen LogP contribution in [0.15, 0.2) is 53.3 Å². The fourth-order valence-corrected chi connectivity index (χ4v) is 3.34. The highest BCUT2D eigenvalue weighted by atomic mass is 19.1. The van der Waals surface area contributed by atoms with Crippen LogP contribution in [0.4, 0.5) is 4.39 Å². The van der Waals surface area contributed by atoms with Crippen molar-refractivity contribution in [2.24, 2.45) is 0 Å². The predicted molar refractivity (Wildman–Crippen MR) is 107 cm³/mol. The lowest BCUT2D eigenvalue weighted by molar-refractivity contribution is 0.280. The van der Waals surface area contributed by atoms with E-state index in [0.717, 1.165) is 35.3 Å². The third-order valence-electron chi connectivity index (χ3n) is 5.08. The van der Waals surface area contributed by atoms with Crippen LogP contribution in [-0.4, -0.2) is 29.5 Å². The molecule has 1 aliphatic rings. The maximum atomic E-state index is 13.8. The molecule has 0 saturated heterocycles. The fourth-order valence-electron chi connectivity index (χ4n) is 3.34. The Morgan fingerprint density at radius 3 is 2.64 bits per heavy atom. The van der Waals surface area contributed by atoms with Gasteiger partial charge in [0.15, 0.2) is 0 Å². The van der Waals surface area contributed by atoms with Crippen molar-refractivity contribution in [3.05, 3.63) is 75.8 Å². The van der Waals surface area contributed by atoms with E-state index in [1.54, 1.807) is 24.3 Å². The van der Waals surface area contributed by atoms with Crippen LogP contribution in [0.25, 0.3) is 16.9 Å². The molecule has 0 fully saturated rings. The lowest BCUT2D eigenvalue weighted by Gasteiger charge is -2.19. The van der Waals surface area contributed by atoms with E-state index in [2.05, 4.69) is 10.4 Å². The first kappa shape index (κ1) is 18.4. The van der Waals surface area contributed by atoms with Crippen LogP contribution >= 0.6 is 0 Å². The summed E-state index contributed by atoms with van der Waals surface area (Å²) in [4.78, 5) is 12.6. The van der Waals surface area contributed by atoms with Gasteiger partial charge in [0.1, 0.15) is 18.2 Å². The number of aromatic nitrogens is 2. The zero-order valence-electron chi connectivity index (χ0n) is 15.9. The molecule has 0 saturated carbocycles. The summed E-state index contributed by atoms with van der Waals surface area (Å²) in [5, 5.41) is 7.68. The number of likely N-dealkylation sites (N-methyl/N-ethyl adjacent to an activating group) is 1. The molecule has 1 N–H and O–H groups in total. The third kappa shape index (κ3) is 3.55. The Bertz CT molecular complexity index is 1060. The molecule has 4 rings (SSSR count). The van der Waals surface area contributed by atoms with Gasteiger partial charge in [-0.1, -0.05) is 6.07 Å². The van der Waals surface area contributed by atoms with E-state index in [4.69, 9.17) is 4.74 Å². The summed E-state index contributed by atoms with van der Waals surface area (Å²) in [6.45, 7) is 2.58. The van der Waals surface area contributed by atoms with E-state index in [1.807, 2.05) is 26.1 Å². The van der Waals surface area contributed by atoms with Crippen molar-refractivity contribution in [3.63, 3.8) is 0 Å². The molecule has 2 aromatic carbocycles. The number of ether oxygens (including phenoxy) is 1. The van der Waals surface area contributed by atoms with Crippen LogP contribution in [-0.2, 0) is 12.8 Å². The van der Waals surface area contributed by atoms with Crippen molar-refractivity contribution in [2.45, 2.75) is 25.8 Å². The number of fused-ring (bicyclic) bond motifs is 3. The van der Waals surface area contributed by atoms with Crippen molar-refractivity contribution in [1.82, 2.24) is 15.1 Å². The van der Waals surface area contributed by atoms with Gasteiger partial charge in [-0.3, -0.25) is 4.79 Å². The highest BCUT2D eigenvalue weighted by molar-refractivity contribution is 5.69. The summed E-state index contributed by atoms with van der Waals surface area (Å²) in [7, 11) is 1.88. The Kier molecular flexibility index (Phi) is 4.96. The van der Waals surface area contributed by atoms with Crippen molar-refractivity contribution >= 4 is 0 Å². The summed E-state index contributed by atoms with van der Waals surface area (Å²) in [5.74, 6) is 0.424. The fraction of sp³-hybridized carbons (Fsp3) is 0.273. The average Bonchev–Trinajstić information content (AvgIpc) is 2.71. The van der Waals surface area contributed by atoms with E-state index < -0.39 is 0 Å². The molecular weight excluding hydrogens is 357 g/mol. The minimum Gasteiger partial charge on any atom is -0.492 e. The van der Waals surface area contributed by atoms with E-state index in [1.165, 1.54) is 16.8 Å². The maximum Gasteiger partial charge on any atom is 0.271 e. The number of rotatable bonds is 5. The Morgan fingerprint density at radius 1 is 1.14 bits per heavy atom. The number of hydrogen-bond acceptors (Lipinski definition) is 4. The zero-order chi connectivity index (χ0) is 19.7. The van der Waals surface area contributed by atoms with Crippen LogP contribution in [0.2, 0.25) is 0 Å². The zero-order valence-corrected chi connectivity index (χ0v) is 15.9. The molecule has 1 heterocycles. The van der Waals surface area contributed by atoms with Gasteiger partial charge in [0.25, 0.3) is 5.56 Å². The summed E-state index contributed by atoms with van der Waals surface area (Å²) in [6.07, 6.45) is 1.51. The van der Waals surface area contributed by atoms with Gasteiger partial charge in [-0.25, -0.2) is 4.39 Å². The number of nitrogens with one attached hydrogen (secondary N) is 1. The summed E-state index contributed by atoms with van der Waals surface area (Å²) in [6, 6.07) is 13.8. The third-order valence-corrected chi connectivity index (χ3v) is 5.08. The van der Waals surface area contributed by atoms with Crippen LogP contribution in [0.3, 0.4) is 0 Å². The highest BCUT2D eigenvalue weighted by Crippen LogP contribution is 2.31. The van der Waals surface area contributed by atoms with Gasteiger partial charge in [-0.15, -0.1) is 0 Å². The monoisotopic (exact) mass is 379 g/mol. The van der Waals surface area contributed by atoms with Gasteiger partial charge < -0.3 is 10.1 Å². The Hall–Kier alpha value is -2.99. The smallest absolute Gasteiger partial charge is 0.271 e. The molecule has 144 valence electrons. The first-order valence-corrected chi connectivity index (χ1v) is 9.37. The Morgan fingerprint density at radius 2 is 1.89 bits per heavy atom. The molecule has 1 aliphatic carbocycles. The second-order valence-corrected chi connectivity index (χ2v) is 7.06. The first-order chi connectivity index (χ1) is 13.5. The van der Waals surface area contributed by atoms with Gasteiger partial charge in [0.05, 0.1) is 11.4 Å². The molecule has 0 amide bonds. The first-order valence-electron chi connectivity index (χ1n) is 9.37. The van der Waals surface area contributed by atoms with Crippen molar-refractivity contribution < 1.29 is 9.13 Å². The molecule has 0 spiro atoms. The lowest BCUT2D eigenvalue weighted by Crippen LogP contribution is -2.28. The molecule has 0 bridgehead atoms. The van der Waals surface area contributed by atoms with Gasteiger partial charge in [0.2, 0.25) is 0 Å². The van der Waals surface area contributed by atoms with Crippen LogP contribution in [0, 0.1) is 5.82 Å². The summed E-state index contributed by atoms with van der Waals surface area (Å²) >= 11 is 0. The molecule has 1 unspecified atom stereocenters. The second-order valence-electron chi connectivity index (χ2n) is 7.06. The molecule has 0 aliphatic heterocycles. The number of hydrogen-bond donors (Lipinski definition) is 1. The summed E-state index contributed by atoms with van der Waals surface area (Å²) < 4.78 is 20.9. The molecule has 5 nitrogen and oxygen atoms in total. The van der Waals surface area contributed by atoms with E-state index >= 15 is 0 Å². The standard InChI is InChI=1S/C22H22FN3O2/c1-14(24-2)13-28-19-9-7-18(8-10-19)26-21(27)11-16-4-3-15-5-6-17(23)12-20(15)22(16)25-26/h5-12,14,24H,3-4,13H2,1-2H3. The summed E-state index contributed by atoms with van der Waals surface area (Å²) in [5.41, 5.74) is 3.79. The van der Waals surface area contributed by atoms with Crippen LogP contribution < -0.4 is 15.6 Å². The van der Waals surface area contributed by atoms with Gasteiger partial charge >= 0.3 is 0 Å². The van der Waals surface area contributed by atoms with Gasteiger partial charge in [0, 0.05) is 17.7 Å². The van der Waals surface area contributed by atoms with Crippen molar-refractivity contribution in [1.29, 1.82) is 0 Å². The molecule has 6 heteroatoms. The normalized spacial score (nSPS) is 13.5. The predicted octanol–water partition coefficient (Wildman–Crippen LogP) is 3.12. The molecule has 28 heavy (non-hydrogen) atoms. The molecule has 1 atom stereocenters.